The van der Waals surface area contributed by atoms with Crippen LogP contribution < -0.4 is 10.1 Å². The molecule has 0 radical (unpaired) electrons. The number of allylic oxidation sites excluding steroid dienone is 2. The average molecular weight is 275 g/mol. The van der Waals surface area contributed by atoms with E-state index in [1.54, 1.807) is 24.3 Å². The number of amides is 1. The summed E-state index contributed by atoms with van der Waals surface area (Å²) < 4.78 is 5.16. The third-order valence-electron chi connectivity index (χ3n) is 3.45. The first-order chi connectivity index (χ1) is 9.63. The lowest BCUT2D eigenvalue weighted by Gasteiger charge is -2.24. The van der Waals surface area contributed by atoms with E-state index in [0.717, 1.165) is 0 Å². The second-order valence-electron chi connectivity index (χ2n) is 4.68. The summed E-state index contributed by atoms with van der Waals surface area (Å²) in [5, 5.41) is 11.9. The van der Waals surface area contributed by atoms with Gasteiger partial charge in [-0.1, -0.05) is 24.3 Å². The summed E-state index contributed by atoms with van der Waals surface area (Å²) in [4.78, 5) is 23.5. The molecule has 0 heterocycles. The number of methoxy groups -OCH3 is 1. The van der Waals surface area contributed by atoms with Gasteiger partial charge in [-0.3, -0.25) is 9.59 Å². The van der Waals surface area contributed by atoms with Gasteiger partial charge in [0.05, 0.1) is 24.6 Å². The van der Waals surface area contributed by atoms with Crippen LogP contribution in [0.25, 0.3) is 0 Å². The molecule has 0 spiro atoms. The molecule has 2 N–H and O–H groups in total. The van der Waals surface area contributed by atoms with E-state index < -0.39 is 17.8 Å². The van der Waals surface area contributed by atoms with E-state index in [4.69, 9.17) is 4.74 Å². The minimum atomic E-state index is -0.936. The van der Waals surface area contributed by atoms with Gasteiger partial charge >= 0.3 is 5.97 Å². The maximum absolute atomic E-state index is 12.3. The number of hydrogen-bond donors (Lipinski definition) is 2. The lowest BCUT2D eigenvalue weighted by molar-refractivity contribution is -0.146. The molecule has 0 saturated carbocycles. The number of rotatable bonds is 4. The zero-order chi connectivity index (χ0) is 14.5. The second kappa shape index (κ2) is 6.23. The molecule has 0 fully saturated rings. The lowest BCUT2D eigenvalue weighted by atomic mass is 9.82. The number of anilines is 1. The highest BCUT2D eigenvalue weighted by Gasteiger charge is 2.34. The topological polar surface area (TPSA) is 75.6 Å². The molecule has 2 rings (SSSR count). The molecule has 1 aromatic carbocycles. The molecule has 106 valence electrons. The average Bonchev–Trinajstić information content (AvgIpc) is 2.47. The van der Waals surface area contributed by atoms with Gasteiger partial charge in [0.1, 0.15) is 5.75 Å². The van der Waals surface area contributed by atoms with Crippen LogP contribution in [0.5, 0.6) is 5.75 Å². The first kappa shape index (κ1) is 14.1. The third kappa shape index (κ3) is 2.99. The summed E-state index contributed by atoms with van der Waals surface area (Å²) in [6.45, 7) is 0. The van der Waals surface area contributed by atoms with E-state index in [0.29, 0.717) is 24.3 Å². The minimum Gasteiger partial charge on any atom is -0.495 e. The molecule has 0 aromatic heterocycles. The van der Waals surface area contributed by atoms with Crippen LogP contribution in [0.1, 0.15) is 12.8 Å². The van der Waals surface area contributed by atoms with Gasteiger partial charge in [-0.15, -0.1) is 0 Å². The molecule has 2 atom stereocenters. The Hall–Kier alpha value is -2.30. The molecule has 1 aromatic rings. The number of hydrogen-bond acceptors (Lipinski definition) is 3. The first-order valence-corrected chi connectivity index (χ1v) is 6.45. The standard InChI is InChI=1S/C15H17NO4/c1-20-13-9-5-4-8-12(13)16-14(17)10-6-2-3-7-11(10)15(18)19/h2-5,8-11H,6-7H2,1H3,(H,16,17)(H,18,19)/t10-,11+/m0/s1. The van der Waals surface area contributed by atoms with Crippen LogP contribution in [-0.4, -0.2) is 24.1 Å². The number of para-hydroxylation sites is 2. The highest BCUT2D eigenvalue weighted by molar-refractivity contribution is 5.96. The quantitative estimate of drug-likeness (QED) is 0.827. The summed E-state index contributed by atoms with van der Waals surface area (Å²) in [6, 6.07) is 7.06. The van der Waals surface area contributed by atoms with Gasteiger partial charge in [-0.25, -0.2) is 0 Å². The number of carboxylic acid groups (broad SMARTS) is 1. The van der Waals surface area contributed by atoms with Crippen molar-refractivity contribution in [2.24, 2.45) is 11.8 Å². The van der Waals surface area contributed by atoms with Crippen molar-refractivity contribution >= 4 is 17.6 Å². The predicted octanol–water partition coefficient (Wildman–Crippen LogP) is 2.30. The van der Waals surface area contributed by atoms with Crippen molar-refractivity contribution in [3.05, 3.63) is 36.4 Å². The maximum Gasteiger partial charge on any atom is 0.307 e. The SMILES string of the molecule is COc1ccccc1NC(=O)[C@H]1CC=CC[C@H]1C(=O)O. The van der Waals surface area contributed by atoms with Crippen molar-refractivity contribution in [3.63, 3.8) is 0 Å². The Balaban J connectivity index is 2.14. The largest absolute Gasteiger partial charge is 0.495 e. The van der Waals surface area contributed by atoms with Crippen LogP contribution in [0.2, 0.25) is 0 Å². The second-order valence-corrected chi connectivity index (χ2v) is 4.68. The number of carbonyl (C=O) groups excluding carboxylic acids is 1. The Kier molecular flexibility index (Phi) is 4.40. The Bertz CT molecular complexity index is 538. The lowest BCUT2D eigenvalue weighted by Crippen LogP contribution is -2.34. The molecule has 5 heteroatoms. The molecule has 0 saturated heterocycles. The smallest absolute Gasteiger partial charge is 0.307 e. The monoisotopic (exact) mass is 275 g/mol. The molecular formula is C15H17NO4. The van der Waals surface area contributed by atoms with Gasteiger partial charge < -0.3 is 15.2 Å². The van der Waals surface area contributed by atoms with Gasteiger partial charge in [0.25, 0.3) is 0 Å². The molecule has 0 unspecified atom stereocenters. The highest BCUT2D eigenvalue weighted by Crippen LogP contribution is 2.29. The number of carboxylic acids is 1. The molecule has 0 bridgehead atoms. The summed E-state index contributed by atoms with van der Waals surface area (Å²) in [7, 11) is 1.52. The number of aliphatic carboxylic acids is 1. The fraction of sp³-hybridized carbons (Fsp3) is 0.333. The van der Waals surface area contributed by atoms with E-state index in [1.165, 1.54) is 7.11 Å². The van der Waals surface area contributed by atoms with Crippen LogP contribution in [0.4, 0.5) is 5.69 Å². The van der Waals surface area contributed by atoms with Crippen LogP contribution in [0.15, 0.2) is 36.4 Å². The van der Waals surface area contributed by atoms with E-state index in [2.05, 4.69) is 5.32 Å². The summed E-state index contributed by atoms with van der Waals surface area (Å²) in [5.41, 5.74) is 0.554. The van der Waals surface area contributed by atoms with Crippen LogP contribution in [0, 0.1) is 11.8 Å². The Labute approximate surface area is 117 Å². The van der Waals surface area contributed by atoms with Crippen molar-refractivity contribution < 1.29 is 19.4 Å². The Morgan fingerprint density at radius 1 is 1.20 bits per heavy atom. The van der Waals surface area contributed by atoms with Gasteiger partial charge in [0.15, 0.2) is 0 Å². The number of nitrogens with one attached hydrogen (secondary N) is 1. The van der Waals surface area contributed by atoms with E-state index >= 15 is 0 Å². The Morgan fingerprint density at radius 2 is 1.85 bits per heavy atom. The fourth-order valence-corrected chi connectivity index (χ4v) is 2.35. The van der Waals surface area contributed by atoms with Crippen LogP contribution >= 0.6 is 0 Å². The van der Waals surface area contributed by atoms with Crippen molar-refractivity contribution in [3.8, 4) is 5.75 Å². The van der Waals surface area contributed by atoms with Crippen LogP contribution in [-0.2, 0) is 9.59 Å². The van der Waals surface area contributed by atoms with Crippen molar-refractivity contribution in [2.45, 2.75) is 12.8 Å². The minimum absolute atomic E-state index is 0.286. The van der Waals surface area contributed by atoms with Crippen LogP contribution in [0.3, 0.4) is 0 Å². The van der Waals surface area contributed by atoms with E-state index in [9.17, 15) is 14.7 Å². The van der Waals surface area contributed by atoms with Gasteiger partial charge in [0, 0.05) is 0 Å². The zero-order valence-corrected chi connectivity index (χ0v) is 11.2. The maximum atomic E-state index is 12.3. The van der Waals surface area contributed by atoms with Crippen molar-refractivity contribution in [1.29, 1.82) is 0 Å². The molecule has 20 heavy (non-hydrogen) atoms. The molecule has 1 amide bonds. The number of ether oxygens (including phenoxy) is 1. The predicted molar refractivity (Wildman–Crippen MR) is 74.6 cm³/mol. The van der Waals surface area contributed by atoms with Gasteiger partial charge in [-0.05, 0) is 25.0 Å². The van der Waals surface area contributed by atoms with Gasteiger partial charge in [-0.2, -0.15) is 0 Å². The molecule has 1 aliphatic carbocycles. The summed E-state index contributed by atoms with van der Waals surface area (Å²) >= 11 is 0. The normalized spacial score (nSPS) is 21.2. The third-order valence-corrected chi connectivity index (χ3v) is 3.45. The fourth-order valence-electron chi connectivity index (χ4n) is 2.35. The van der Waals surface area contributed by atoms with Crippen molar-refractivity contribution in [1.82, 2.24) is 0 Å². The van der Waals surface area contributed by atoms with Crippen molar-refractivity contribution in [2.75, 3.05) is 12.4 Å². The number of carbonyl (C=O) groups is 2. The van der Waals surface area contributed by atoms with E-state index in [1.807, 2.05) is 12.2 Å². The summed E-state index contributed by atoms with van der Waals surface area (Å²) in [5.74, 6) is -1.89. The molecule has 0 aliphatic heterocycles. The summed E-state index contributed by atoms with van der Waals surface area (Å²) in [6.07, 6.45) is 4.49. The molecule has 1 aliphatic rings. The van der Waals surface area contributed by atoms with Gasteiger partial charge in [0.2, 0.25) is 5.91 Å². The molecule has 5 nitrogen and oxygen atoms in total. The highest BCUT2D eigenvalue weighted by atomic mass is 16.5. The first-order valence-electron chi connectivity index (χ1n) is 6.45. The molecular weight excluding hydrogens is 258 g/mol. The Morgan fingerprint density at radius 3 is 2.50 bits per heavy atom. The zero-order valence-electron chi connectivity index (χ0n) is 11.2. The number of benzene rings is 1. The van der Waals surface area contributed by atoms with E-state index in [-0.39, 0.29) is 5.91 Å².